The minimum absolute atomic E-state index is 0.0405. The first-order valence-corrected chi connectivity index (χ1v) is 7.81. The molecule has 1 aromatic heterocycles. The number of aromatic nitrogens is 1. The SMILES string of the molecule is CCCC(C)NC(=O)c1cccc(OS(C)(=O)=O)n1. The maximum absolute atomic E-state index is 11.9. The van der Waals surface area contributed by atoms with Gasteiger partial charge in [0.05, 0.1) is 6.26 Å². The second-order valence-electron chi connectivity index (χ2n) is 4.31. The van der Waals surface area contributed by atoms with Crippen LogP contribution in [0.2, 0.25) is 0 Å². The van der Waals surface area contributed by atoms with E-state index in [-0.39, 0.29) is 23.5 Å². The Bertz CT molecular complexity index is 542. The van der Waals surface area contributed by atoms with Gasteiger partial charge >= 0.3 is 10.1 Å². The van der Waals surface area contributed by atoms with Crippen molar-refractivity contribution < 1.29 is 17.4 Å². The zero-order valence-corrected chi connectivity index (χ0v) is 12.0. The quantitative estimate of drug-likeness (QED) is 0.798. The fraction of sp³-hybridized carbons (Fsp3) is 0.500. The fourth-order valence-corrected chi connectivity index (χ4v) is 1.95. The first-order valence-electron chi connectivity index (χ1n) is 5.99. The summed E-state index contributed by atoms with van der Waals surface area (Å²) in [5.74, 6) is -0.460. The molecule has 7 heteroatoms. The zero-order valence-electron chi connectivity index (χ0n) is 11.2. The molecule has 0 saturated carbocycles. The summed E-state index contributed by atoms with van der Waals surface area (Å²) in [5, 5.41) is 2.78. The van der Waals surface area contributed by atoms with Crippen LogP contribution >= 0.6 is 0 Å². The summed E-state index contributed by atoms with van der Waals surface area (Å²) in [7, 11) is -3.65. The van der Waals surface area contributed by atoms with Crippen LogP contribution in [0, 0.1) is 0 Å². The molecule has 0 spiro atoms. The molecule has 0 fully saturated rings. The number of carbonyl (C=O) groups is 1. The predicted molar refractivity (Wildman–Crippen MR) is 71.5 cm³/mol. The maximum Gasteiger partial charge on any atom is 0.307 e. The van der Waals surface area contributed by atoms with Crippen LogP contribution in [-0.2, 0) is 10.1 Å². The summed E-state index contributed by atoms with van der Waals surface area (Å²) in [6.45, 7) is 3.93. The van der Waals surface area contributed by atoms with E-state index in [4.69, 9.17) is 0 Å². The van der Waals surface area contributed by atoms with E-state index >= 15 is 0 Å². The van der Waals surface area contributed by atoms with E-state index < -0.39 is 10.1 Å². The molecule has 6 nitrogen and oxygen atoms in total. The van der Waals surface area contributed by atoms with Crippen LogP contribution in [0.1, 0.15) is 37.2 Å². The number of amides is 1. The molecule has 1 unspecified atom stereocenters. The van der Waals surface area contributed by atoms with Crippen molar-refractivity contribution in [1.82, 2.24) is 10.3 Å². The maximum atomic E-state index is 11.9. The highest BCUT2D eigenvalue weighted by molar-refractivity contribution is 7.86. The standard InChI is InChI=1S/C12H18N2O4S/c1-4-6-9(2)13-12(15)10-7-5-8-11(14-10)18-19(3,16)17/h5,7-9H,4,6H2,1-3H3,(H,13,15). The lowest BCUT2D eigenvalue weighted by molar-refractivity contribution is 0.0932. The highest BCUT2D eigenvalue weighted by Crippen LogP contribution is 2.10. The molecule has 0 aliphatic carbocycles. The normalized spacial score (nSPS) is 12.8. The lowest BCUT2D eigenvalue weighted by Crippen LogP contribution is -2.32. The van der Waals surface area contributed by atoms with E-state index in [2.05, 4.69) is 14.5 Å². The van der Waals surface area contributed by atoms with E-state index in [9.17, 15) is 13.2 Å². The van der Waals surface area contributed by atoms with Crippen molar-refractivity contribution >= 4 is 16.0 Å². The highest BCUT2D eigenvalue weighted by Gasteiger charge is 2.13. The minimum Gasteiger partial charge on any atom is -0.362 e. The molecule has 19 heavy (non-hydrogen) atoms. The summed E-state index contributed by atoms with van der Waals surface area (Å²) in [4.78, 5) is 15.7. The van der Waals surface area contributed by atoms with Crippen LogP contribution in [-0.4, -0.2) is 31.6 Å². The Morgan fingerprint density at radius 3 is 2.74 bits per heavy atom. The Morgan fingerprint density at radius 1 is 1.47 bits per heavy atom. The Balaban J connectivity index is 2.78. The third kappa shape index (κ3) is 5.69. The van der Waals surface area contributed by atoms with E-state index in [0.29, 0.717) is 0 Å². The molecule has 0 saturated heterocycles. The van der Waals surface area contributed by atoms with Crippen molar-refractivity contribution in [3.63, 3.8) is 0 Å². The summed E-state index contributed by atoms with van der Waals surface area (Å²) in [6, 6.07) is 4.45. The van der Waals surface area contributed by atoms with Gasteiger partial charge in [0.25, 0.3) is 5.91 Å². The smallest absolute Gasteiger partial charge is 0.307 e. The Kier molecular flexibility index (Phi) is 5.29. The van der Waals surface area contributed by atoms with Crippen molar-refractivity contribution in [3.8, 4) is 5.88 Å². The highest BCUT2D eigenvalue weighted by atomic mass is 32.2. The molecule has 0 aliphatic heterocycles. The molecular weight excluding hydrogens is 268 g/mol. The number of nitrogens with zero attached hydrogens (tertiary/aromatic N) is 1. The van der Waals surface area contributed by atoms with Gasteiger partial charge in [-0.05, 0) is 19.4 Å². The van der Waals surface area contributed by atoms with Gasteiger partial charge in [-0.25, -0.2) is 4.98 Å². The van der Waals surface area contributed by atoms with Gasteiger partial charge in [0, 0.05) is 12.1 Å². The van der Waals surface area contributed by atoms with Gasteiger partial charge in [-0.15, -0.1) is 0 Å². The van der Waals surface area contributed by atoms with Crippen molar-refractivity contribution in [2.75, 3.05) is 6.26 Å². The second-order valence-corrected chi connectivity index (χ2v) is 5.89. The monoisotopic (exact) mass is 286 g/mol. The molecule has 0 radical (unpaired) electrons. The fourth-order valence-electron chi connectivity index (χ4n) is 1.55. The summed E-state index contributed by atoms with van der Waals surface area (Å²) in [5.41, 5.74) is 0.129. The Labute approximate surface area is 113 Å². The summed E-state index contributed by atoms with van der Waals surface area (Å²) >= 11 is 0. The van der Waals surface area contributed by atoms with Crippen LogP contribution in [0.5, 0.6) is 5.88 Å². The van der Waals surface area contributed by atoms with Crippen molar-refractivity contribution in [3.05, 3.63) is 23.9 Å². The average Bonchev–Trinajstić information content (AvgIpc) is 2.27. The van der Waals surface area contributed by atoms with Crippen molar-refractivity contribution in [2.45, 2.75) is 32.7 Å². The van der Waals surface area contributed by atoms with Crippen LogP contribution in [0.3, 0.4) is 0 Å². The molecule has 1 N–H and O–H groups in total. The van der Waals surface area contributed by atoms with Crippen molar-refractivity contribution in [1.29, 1.82) is 0 Å². The predicted octanol–water partition coefficient (Wildman–Crippen LogP) is 1.34. The number of carbonyl (C=O) groups excluding carboxylic acids is 1. The molecule has 0 bridgehead atoms. The minimum atomic E-state index is -3.65. The molecule has 1 amide bonds. The average molecular weight is 286 g/mol. The van der Waals surface area contributed by atoms with Crippen LogP contribution in [0.15, 0.2) is 18.2 Å². The lowest BCUT2D eigenvalue weighted by Gasteiger charge is -2.12. The van der Waals surface area contributed by atoms with Gasteiger partial charge in [-0.2, -0.15) is 8.42 Å². The molecule has 1 atom stereocenters. The van der Waals surface area contributed by atoms with Gasteiger partial charge in [-0.1, -0.05) is 19.4 Å². The zero-order chi connectivity index (χ0) is 14.5. The third-order valence-corrected chi connectivity index (χ3v) is 2.77. The van der Waals surface area contributed by atoms with Gasteiger partial charge in [0.1, 0.15) is 5.69 Å². The van der Waals surface area contributed by atoms with E-state index in [1.54, 1.807) is 0 Å². The molecule has 1 aromatic rings. The first kappa shape index (κ1) is 15.4. The third-order valence-electron chi connectivity index (χ3n) is 2.29. The topological polar surface area (TPSA) is 85.4 Å². The number of hydrogen-bond acceptors (Lipinski definition) is 5. The van der Waals surface area contributed by atoms with Crippen molar-refractivity contribution in [2.24, 2.45) is 0 Å². The van der Waals surface area contributed by atoms with Gasteiger partial charge in [0.15, 0.2) is 0 Å². The largest absolute Gasteiger partial charge is 0.362 e. The number of hydrogen-bond donors (Lipinski definition) is 1. The number of pyridine rings is 1. The first-order chi connectivity index (χ1) is 8.81. The Hall–Kier alpha value is -1.63. The van der Waals surface area contributed by atoms with E-state index in [1.165, 1.54) is 18.2 Å². The number of nitrogens with one attached hydrogen (secondary N) is 1. The second kappa shape index (κ2) is 6.51. The summed E-state index contributed by atoms with van der Waals surface area (Å²) < 4.78 is 26.6. The molecule has 1 heterocycles. The van der Waals surface area contributed by atoms with Gasteiger partial charge in [0.2, 0.25) is 5.88 Å². The van der Waals surface area contributed by atoms with Gasteiger partial charge < -0.3 is 9.50 Å². The lowest BCUT2D eigenvalue weighted by atomic mass is 10.2. The molecule has 1 rings (SSSR count). The number of rotatable bonds is 6. The van der Waals surface area contributed by atoms with Crippen LogP contribution in [0.4, 0.5) is 0 Å². The van der Waals surface area contributed by atoms with E-state index in [0.717, 1.165) is 19.1 Å². The Morgan fingerprint density at radius 2 is 2.16 bits per heavy atom. The van der Waals surface area contributed by atoms with Crippen LogP contribution in [0.25, 0.3) is 0 Å². The molecule has 0 aromatic carbocycles. The van der Waals surface area contributed by atoms with Gasteiger partial charge in [-0.3, -0.25) is 4.79 Å². The summed E-state index contributed by atoms with van der Waals surface area (Å²) in [6.07, 6.45) is 2.75. The molecule has 0 aliphatic rings. The van der Waals surface area contributed by atoms with Crippen LogP contribution < -0.4 is 9.50 Å². The molecule has 106 valence electrons. The molecular formula is C12H18N2O4S. The van der Waals surface area contributed by atoms with E-state index in [1.807, 2.05) is 13.8 Å².